The van der Waals surface area contributed by atoms with Crippen LogP contribution < -0.4 is 0 Å². The van der Waals surface area contributed by atoms with Crippen molar-refractivity contribution in [3.05, 3.63) is 52.7 Å². The van der Waals surface area contributed by atoms with Crippen molar-refractivity contribution in [1.29, 1.82) is 0 Å². The zero-order valence-electron chi connectivity index (χ0n) is 13.4. The van der Waals surface area contributed by atoms with Gasteiger partial charge in [-0.25, -0.2) is 13.2 Å². The lowest BCUT2D eigenvalue weighted by Gasteiger charge is -2.30. The molecule has 8 heteroatoms. The summed E-state index contributed by atoms with van der Waals surface area (Å²) in [6.07, 6.45) is 0.516. The molecule has 0 radical (unpaired) electrons. The summed E-state index contributed by atoms with van der Waals surface area (Å²) in [5.74, 6) is -5.07. The Morgan fingerprint density at radius 2 is 1.72 bits per heavy atom. The van der Waals surface area contributed by atoms with Crippen LogP contribution in [-0.2, 0) is 0 Å². The normalized spacial score (nSPS) is 15.4. The Labute approximate surface area is 141 Å². The van der Waals surface area contributed by atoms with E-state index in [9.17, 15) is 22.8 Å². The van der Waals surface area contributed by atoms with Crippen molar-refractivity contribution in [2.24, 2.45) is 5.92 Å². The minimum absolute atomic E-state index is 0.109. The van der Waals surface area contributed by atoms with E-state index in [0.29, 0.717) is 17.8 Å². The molecule has 0 aliphatic carbocycles. The molecule has 0 N–H and O–H groups in total. The molecule has 1 saturated heterocycles. The summed E-state index contributed by atoms with van der Waals surface area (Å²) in [6.45, 7) is 2.19. The van der Waals surface area contributed by atoms with Crippen LogP contribution in [0.4, 0.5) is 13.2 Å². The van der Waals surface area contributed by atoms with Crippen molar-refractivity contribution in [3.63, 3.8) is 0 Å². The topological polar surface area (TPSA) is 63.4 Å². The molecule has 0 atom stereocenters. The molecule has 2 aromatic rings. The third-order valence-electron chi connectivity index (χ3n) is 4.24. The second-order valence-electron chi connectivity index (χ2n) is 6.01. The first-order chi connectivity index (χ1) is 11.9. The zero-order valence-corrected chi connectivity index (χ0v) is 13.4. The Bertz CT molecular complexity index is 803. The van der Waals surface area contributed by atoms with Crippen molar-refractivity contribution < 1.29 is 27.3 Å². The summed E-state index contributed by atoms with van der Waals surface area (Å²) in [5.41, 5.74) is -0.146. The molecule has 0 bridgehead atoms. The number of carbonyl (C=O) groups excluding carboxylic acids is 2. The minimum atomic E-state index is -1.21. The standard InChI is InChI=1S/C17H15F3N2O3/c1-9-6-14(25-21-9)17(24)22-4-2-10(3-5-22)16(23)15-12(19)7-11(18)8-13(15)20/h6-8,10H,2-5H2,1H3. The summed E-state index contributed by atoms with van der Waals surface area (Å²) >= 11 is 0. The Morgan fingerprint density at radius 3 is 2.24 bits per heavy atom. The predicted octanol–water partition coefficient (Wildman–Crippen LogP) is 3.14. The molecule has 1 aliphatic rings. The predicted molar refractivity (Wildman–Crippen MR) is 80.5 cm³/mol. The molecular formula is C17H15F3N2O3. The average Bonchev–Trinajstić information content (AvgIpc) is 2.99. The second kappa shape index (κ2) is 6.70. The van der Waals surface area contributed by atoms with E-state index in [1.165, 1.54) is 11.0 Å². The number of aryl methyl sites for hydroxylation is 1. The zero-order chi connectivity index (χ0) is 18.1. The number of aromatic nitrogens is 1. The molecule has 3 rings (SSSR count). The lowest BCUT2D eigenvalue weighted by Crippen LogP contribution is -2.40. The molecule has 132 valence electrons. The van der Waals surface area contributed by atoms with Crippen LogP contribution in [0.25, 0.3) is 0 Å². The van der Waals surface area contributed by atoms with Gasteiger partial charge in [-0.2, -0.15) is 0 Å². The Morgan fingerprint density at radius 1 is 1.12 bits per heavy atom. The third-order valence-corrected chi connectivity index (χ3v) is 4.24. The van der Waals surface area contributed by atoms with Gasteiger partial charge in [0, 0.05) is 37.2 Å². The number of nitrogens with zero attached hydrogens (tertiary/aromatic N) is 2. The van der Waals surface area contributed by atoms with Crippen molar-refractivity contribution >= 4 is 11.7 Å². The monoisotopic (exact) mass is 352 g/mol. The highest BCUT2D eigenvalue weighted by Gasteiger charge is 2.32. The van der Waals surface area contributed by atoms with E-state index in [1.807, 2.05) is 0 Å². The number of rotatable bonds is 3. The largest absolute Gasteiger partial charge is 0.351 e. The van der Waals surface area contributed by atoms with Gasteiger partial charge in [0.05, 0.1) is 11.3 Å². The summed E-state index contributed by atoms with van der Waals surface area (Å²) in [5, 5.41) is 3.65. The quantitative estimate of drug-likeness (QED) is 0.796. The van der Waals surface area contributed by atoms with E-state index < -0.39 is 34.7 Å². The number of ketones is 1. The number of likely N-dealkylation sites (tertiary alicyclic amines) is 1. The van der Waals surface area contributed by atoms with E-state index in [4.69, 9.17) is 4.52 Å². The van der Waals surface area contributed by atoms with Gasteiger partial charge in [0.1, 0.15) is 17.5 Å². The minimum Gasteiger partial charge on any atom is -0.351 e. The number of hydrogen-bond acceptors (Lipinski definition) is 4. The fraction of sp³-hybridized carbons (Fsp3) is 0.353. The van der Waals surface area contributed by atoms with Crippen LogP contribution in [0.5, 0.6) is 0 Å². The van der Waals surface area contributed by atoms with Gasteiger partial charge in [-0.3, -0.25) is 9.59 Å². The summed E-state index contributed by atoms with van der Waals surface area (Å²) < 4.78 is 45.4. The maximum atomic E-state index is 13.8. The van der Waals surface area contributed by atoms with Crippen molar-refractivity contribution in [2.45, 2.75) is 19.8 Å². The van der Waals surface area contributed by atoms with E-state index in [1.54, 1.807) is 6.92 Å². The molecule has 1 aromatic carbocycles. The fourth-order valence-electron chi connectivity index (χ4n) is 2.95. The van der Waals surface area contributed by atoms with Gasteiger partial charge in [-0.1, -0.05) is 5.16 Å². The Balaban J connectivity index is 1.68. The van der Waals surface area contributed by atoms with Crippen LogP contribution in [0, 0.1) is 30.3 Å². The number of Topliss-reactive ketones (excluding diaryl/α,β-unsaturated/α-hetero) is 1. The molecule has 1 amide bonds. The second-order valence-corrected chi connectivity index (χ2v) is 6.01. The number of benzene rings is 1. The highest BCUT2D eigenvalue weighted by atomic mass is 19.1. The highest BCUT2D eigenvalue weighted by Crippen LogP contribution is 2.26. The molecule has 1 fully saturated rings. The number of carbonyl (C=O) groups is 2. The Hall–Kier alpha value is -2.64. The molecule has 0 spiro atoms. The maximum Gasteiger partial charge on any atom is 0.292 e. The smallest absolute Gasteiger partial charge is 0.292 e. The average molecular weight is 352 g/mol. The van der Waals surface area contributed by atoms with Crippen LogP contribution in [0.3, 0.4) is 0 Å². The molecule has 25 heavy (non-hydrogen) atoms. The highest BCUT2D eigenvalue weighted by molar-refractivity contribution is 5.98. The van der Waals surface area contributed by atoms with Gasteiger partial charge < -0.3 is 9.42 Å². The van der Waals surface area contributed by atoms with Gasteiger partial charge in [0.2, 0.25) is 5.76 Å². The van der Waals surface area contributed by atoms with Crippen LogP contribution in [0.1, 0.15) is 39.4 Å². The van der Waals surface area contributed by atoms with Crippen LogP contribution in [0.15, 0.2) is 22.7 Å². The van der Waals surface area contributed by atoms with Crippen LogP contribution in [-0.4, -0.2) is 34.8 Å². The van der Waals surface area contributed by atoms with Crippen LogP contribution >= 0.6 is 0 Å². The number of hydrogen-bond donors (Lipinski definition) is 0. The summed E-state index contributed by atoms with van der Waals surface area (Å²) in [7, 11) is 0. The van der Waals surface area contributed by atoms with Gasteiger partial charge in [-0.05, 0) is 19.8 Å². The van der Waals surface area contributed by atoms with Crippen molar-refractivity contribution in [3.8, 4) is 0 Å². The summed E-state index contributed by atoms with van der Waals surface area (Å²) in [6, 6.07) is 2.49. The first kappa shape index (κ1) is 17.2. The van der Waals surface area contributed by atoms with E-state index in [-0.39, 0.29) is 37.6 Å². The molecule has 0 saturated carbocycles. The van der Waals surface area contributed by atoms with E-state index >= 15 is 0 Å². The number of piperidine rings is 1. The fourth-order valence-corrected chi connectivity index (χ4v) is 2.95. The number of halogens is 3. The molecular weight excluding hydrogens is 337 g/mol. The van der Waals surface area contributed by atoms with E-state index in [0.717, 1.165) is 0 Å². The van der Waals surface area contributed by atoms with Gasteiger partial charge in [0.25, 0.3) is 5.91 Å². The molecule has 2 heterocycles. The first-order valence-electron chi connectivity index (χ1n) is 7.78. The summed E-state index contributed by atoms with van der Waals surface area (Å²) in [4.78, 5) is 26.1. The molecule has 1 aromatic heterocycles. The maximum absolute atomic E-state index is 13.8. The molecule has 0 unspecified atom stereocenters. The Kier molecular flexibility index (Phi) is 4.61. The first-order valence-corrected chi connectivity index (χ1v) is 7.78. The van der Waals surface area contributed by atoms with Crippen molar-refractivity contribution in [1.82, 2.24) is 10.1 Å². The number of amides is 1. The van der Waals surface area contributed by atoms with Crippen molar-refractivity contribution in [2.75, 3.05) is 13.1 Å². The lowest BCUT2D eigenvalue weighted by atomic mass is 9.88. The van der Waals surface area contributed by atoms with Gasteiger partial charge >= 0.3 is 0 Å². The third kappa shape index (κ3) is 3.42. The van der Waals surface area contributed by atoms with Gasteiger partial charge in [0.15, 0.2) is 5.78 Å². The SMILES string of the molecule is Cc1cc(C(=O)N2CCC(C(=O)c3c(F)cc(F)cc3F)CC2)on1. The van der Waals surface area contributed by atoms with Gasteiger partial charge in [-0.15, -0.1) is 0 Å². The van der Waals surface area contributed by atoms with E-state index in [2.05, 4.69) is 5.16 Å². The van der Waals surface area contributed by atoms with Crippen LogP contribution in [0.2, 0.25) is 0 Å². The lowest BCUT2D eigenvalue weighted by molar-refractivity contribution is 0.0614. The molecule has 5 nitrogen and oxygen atoms in total. The molecule has 1 aliphatic heterocycles.